The Morgan fingerprint density at radius 3 is 2.25 bits per heavy atom. The van der Waals surface area contributed by atoms with Crippen LogP contribution in [0.5, 0.6) is 0 Å². The molecule has 1 aliphatic heterocycles. The Balaban J connectivity index is 2.00. The van der Waals surface area contributed by atoms with E-state index in [1.165, 1.54) is 63.9 Å². The predicted molar refractivity (Wildman–Crippen MR) is 113 cm³/mol. The van der Waals surface area contributed by atoms with E-state index in [1.807, 2.05) is 0 Å². The second-order valence-electron chi connectivity index (χ2n) is 7.86. The third-order valence-corrected chi connectivity index (χ3v) is 5.42. The second-order valence-corrected chi connectivity index (χ2v) is 7.86. The molecule has 5 heteroatoms. The molecule has 0 radical (unpaired) electrons. The lowest BCUT2D eigenvalue weighted by Gasteiger charge is -2.26. The topological polar surface area (TPSA) is 55.8 Å². The highest BCUT2D eigenvalue weighted by Crippen LogP contribution is 2.13. The highest BCUT2D eigenvalue weighted by molar-refractivity contribution is 5.91. The Bertz CT molecular complexity index is 444. The van der Waals surface area contributed by atoms with Crippen molar-refractivity contribution in [1.82, 2.24) is 4.90 Å². The van der Waals surface area contributed by atoms with Gasteiger partial charge in [-0.2, -0.15) is 0 Å². The van der Waals surface area contributed by atoms with Gasteiger partial charge in [0.15, 0.2) is 0 Å². The molecule has 5 nitrogen and oxygen atoms in total. The fourth-order valence-electron chi connectivity index (χ4n) is 3.48. The van der Waals surface area contributed by atoms with Crippen molar-refractivity contribution in [3.05, 3.63) is 12.2 Å². The van der Waals surface area contributed by atoms with Crippen molar-refractivity contribution < 1.29 is 19.1 Å². The molecule has 0 aromatic rings. The average molecular weight is 396 g/mol. The van der Waals surface area contributed by atoms with Gasteiger partial charge in [0.1, 0.15) is 0 Å². The van der Waals surface area contributed by atoms with Crippen molar-refractivity contribution in [2.75, 3.05) is 32.8 Å². The number of esters is 2. The van der Waals surface area contributed by atoms with Crippen molar-refractivity contribution in [2.45, 2.75) is 84.5 Å². The molecule has 0 bridgehead atoms. The lowest BCUT2D eigenvalue weighted by Crippen LogP contribution is -2.30. The van der Waals surface area contributed by atoms with Gasteiger partial charge in [0, 0.05) is 12.2 Å². The van der Waals surface area contributed by atoms with Crippen LogP contribution in [0.1, 0.15) is 84.5 Å². The van der Waals surface area contributed by atoms with Gasteiger partial charge in [-0.25, -0.2) is 9.59 Å². The SMILES string of the molecule is CCCCC(CC)COC(=O)/C=C\C(=O)OCCCCCCN1CCCCC1. The molecule has 0 aliphatic carbocycles. The summed E-state index contributed by atoms with van der Waals surface area (Å²) in [5, 5.41) is 0. The van der Waals surface area contributed by atoms with Crippen LogP contribution in [0.15, 0.2) is 12.2 Å². The van der Waals surface area contributed by atoms with Crippen LogP contribution in [-0.2, 0) is 19.1 Å². The Morgan fingerprint density at radius 2 is 1.57 bits per heavy atom. The fraction of sp³-hybridized carbons (Fsp3) is 0.826. The van der Waals surface area contributed by atoms with Gasteiger partial charge in [0.2, 0.25) is 0 Å². The van der Waals surface area contributed by atoms with Crippen LogP contribution < -0.4 is 0 Å². The van der Waals surface area contributed by atoms with Crippen LogP contribution in [0.4, 0.5) is 0 Å². The third kappa shape index (κ3) is 12.9. The lowest BCUT2D eigenvalue weighted by atomic mass is 10.0. The maximum absolute atomic E-state index is 11.7. The molecule has 1 unspecified atom stereocenters. The van der Waals surface area contributed by atoms with Crippen LogP contribution in [0.3, 0.4) is 0 Å². The first-order valence-electron chi connectivity index (χ1n) is 11.4. The van der Waals surface area contributed by atoms with Crippen molar-refractivity contribution in [1.29, 1.82) is 0 Å². The standard InChI is InChI=1S/C23H41NO4/c1-3-5-13-21(4-2)20-28-23(26)15-14-22(25)27-19-12-7-6-9-16-24-17-10-8-11-18-24/h14-15,21H,3-13,16-20H2,1-2H3/b15-14-. The maximum atomic E-state index is 11.7. The first-order chi connectivity index (χ1) is 13.7. The van der Waals surface area contributed by atoms with Gasteiger partial charge in [0.25, 0.3) is 0 Å². The molecule has 28 heavy (non-hydrogen) atoms. The van der Waals surface area contributed by atoms with Gasteiger partial charge in [-0.1, -0.05) is 52.4 Å². The number of unbranched alkanes of at least 4 members (excludes halogenated alkanes) is 4. The molecule has 1 fully saturated rings. The monoisotopic (exact) mass is 395 g/mol. The Labute approximate surface area is 171 Å². The lowest BCUT2D eigenvalue weighted by molar-refractivity contribution is -0.141. The van der Waals surface area contributed by atoms with Crippen LogP contribution in [-0.4, -0.2) is 49.7 Å². The molecule has 1 heterocycles. The summed E-state index contributed by atoms with van der Waals surface area (Å²) in [6.45, 7) is 8.80. The molecule has 0 N–H and O–H groups in total. The molecule has 0 amide bonds. The van der Waals surface area contributed by atoms with Gasteiger partial charge < -0.3 is 14.4 Å². The van der Waals surface area contributed by atoms with Crippen molar-refractivity contribution in [2.24, 2.45) is 5.92 Å². The van der Waals surface area contributed by atoms with Crippen LogP contribution in [0.25, 0.3) is 0 Å². The summed E-state index contributed by atoms with van der Waals surface area (Å²) in [5.74, 6) is -0.535. The summed E-state index contributed by atoms with van der Waals surface area (Å²) in [6, 6.07) is 0. The minimum absolute atomic E-state index is 0.402. The van der Waals surface area contributed by atoms with E-state index in [1.54, 1.807) is 0 Å². The Kier molecular flexibility index (Phi) is 14.6. The van der Waals surface area contributed by atoms with Crippen molar-refractivity contribution in [3.63, 3.8) is 0 Å². The quantitative estimate of drug-likeness (QED) is 0.224. The van der Waals surface area contributed by atoms with E-state index in [0.717, 1.165) is 38.5 Å². The summed E-state index contributed by atoms with van der Waals surface area (Å²) in [4.78, 5) is 25.9. The van der Waals surface area contributed by atoms with E-state index in [4.69, 9.17) is 9.47 Å². The number of carbonyl (C=O) groups is 2. The fourth-order valence-corrected chi connectivity index (χ4v) is 3.48. The van der Waals surface area contributed by atoms with E-state index >= 15 is 0 Å². The zero-order chi connectivity index (χ0) is 20.5. The third-order valence-electron chi connectivity index (χ3n) is 5.42. The van der Waals surface area contributed by atoms with E-state index in [2.05, 4.69) is 18.7 Å². The molecule has 0 aromatic heterocycles. The minimum atomic E-state index is -0.469. The molecule has 1 aliphatic rings. The van der Waals surface area contributed by atoms with Crippen LogP contribution in [0.2, 0.25) is 0 Å². The van der Waals surface area contributed by atoms with Crippen molar-refractivity contribution in [3.8, 4) is 0 Å². The van der Waals surface area contributed by atoms with Gasteiger partial charge >= 0.3 is 11.9 Å². The minimum Gasteiger partial charge on any atom is -0.463 e. The maximum Gasteiger partial charge on any atom is 0.331 e. The van der Waals surface area contributed by atoms with Gasteiger partial charge in [0.05, 0.1) is 13.2 Å². The molecular formula is C23H41NO4. The molecule has 1 atom stereocenters. The first-order valence-corrected chi connectivity index (χ1v) is 11.4. The summed E-state index contributed by atoms with van der Waals surface area (Å²) >= 11 is 0. The molecule has 0 spiro atoms. The smallest absolute Gasteiger partial charge is 0.331 e. The summed E-state index contributed by atoms with van der Waals surface area (Å²) in [6.07, 6.45) is 15.1. The normalized spacial score (nSPS) is 16.2. The van der Waals surface area contributed by atoms with E-state index in [-0.39, 0.29) is 0 Å². The zero-order valence-electron chi connectivity index (χ0n) is 18.1. The van der Waals surface area contributed by atoms with Crippen LogP contribution >= 0.6 is 0 Å². The highest BCUT2D eigenvalue weighted by atomic mass is 16.5. The number of ether oxygens (including phenoxy) is 2. The zero-order valence-corrected chi connectivity index (χ0v) is 18.1. The number of nitrogens with zero attached hydrogens (tertiary/aromatic N) is 1. The van der Waals surface area contributed by atoms with Gasteiger partial charge in [-0.05, 0) is 57.7 Å². The van der Waals surface area contributed by atoms with E-state index < -0.39 is 11.9 Å². The number of hydrogen-bond donors (Lipinski definition) is 0. The summed E-state index contributed by atoms with van der Waals surface area (Å²) in [7, 11) is 0. The summed E-state index contributed by atoms with van der Waals surface area (Å²) < 4.78 is 10.4. The molecule has 162 valence electrons. The van der Waals surface area contributed by atoms with E-state index in [9.17, 15) is 9.59 Å². The van der Waals surface area contributed by atoms with Crippen LogP contribution in [0, 0.1) is 5.92 Å². The Morgan fingerprint density at radius 1 is 0.893 bits per heavy atom. The van der Waals surface area contributed by atoms with Crippen molar-refractivity contribution >= 4 is 11.9 Å². The molecule has 1 rings (SSSR count). The first kappa shape index (κ1) is 24.7. The number of likely N-dealkylation sites (tertiary alicyclic amines) is 1. The molecule has 1 saturated heterocycles. The van der Waals surface area contributed by atoms with Gasteiger partial charge in [-0.3, -0.25) is 0 Å². The number of piperidine rings is 1. The molecule has 0 saturated carbocycles. The number of rotatable bonds is 15. The number of hydrogen-bond acceptors (Lipinski definition) is 5. The molecule has 0 aromatic carbocycles. The van der Waals surface area contributed by atoms with Gasteiger partial charge in [-0.15, -0.1) is 0 Å². The molecular weight excluding hydrogens is 354 g/mol. The number of carbonyl (C=O) groups excluding carboxylic acids is 2. The second kappa shape index (κ2) is 16.6. The summed E-state index contributed by atoms with van der Waals surface area (Å²) in [5.41, 5.74) is 0. The highest BCUT2D eigenvalue weighted by Gasteiger charge is 2.10. The van der Waals surface area contributed by atoms with E-state index in [0.29, 0.717) is 19.1 Å². The largest absolute Gasteiger partial charge is 0.463 e. The average Bonchev–Trinajstić information content (AvgIpc) is 2.72. The Hall–Kier alpha value is -1.36. The predicted octanol–water partition coefficient (Wildman–Crippen LogP) is 4.89.